The molecule has 0 saturated carbocycles. The number of carbonyl (C=O) groups excluding carboxylic acids is 1. The Balaban J connectivity index is 2.29. The number of nitrogens with zero attached hydrogens (tertiary/aromatic N) is 2. The van der Waals surface area contributed by atoms with Gasteiger partial charge in [-0.05, 0) is 37.6 Å². The third-order valence-electron chi connectivity index (χ3n) is 3.96. The number of aryl methyl sites for hydroxylation is 1. The largest absolute Gasteiger partial charge is 0.456 e. The van der Waals surface area contributed by atoms with E-state index < -0.39 is 30.8 Å². The van der Waals surface area contributed by atoms with E-state index in [4.69, 9.17) is 4.18 Å². The van der Waals surface area contributed by atoms with Crippen molar-refractivity contribution in [3.63, 3.8) is 0 Å². The second kappa shape index (κ2) is 9.13. The van der Waals surface area contributed by atoms with Crippen LogP contribution < -0.4 is 4.18 Å². The van der Waals surface area contributed by atoms with Gasteiger partial charge in [-0.1, -0.05) is 43.2 Å². The van der Waals surface area contributed by atoms with Crippen molar-refractivity contribution in [2.75, 3.05) is 5.75 Å². The van der Waals surface area contributed by atoms with Gasteiger partial charge >= 0.3 is 15.2 Å². The molecule has 0 atom stereocenters. The quantitative estimate of drug-likeness (QED) is 0.156. The summed E-state index contributed by atoms with van der Waals surface area (Å²) >= 11 is 0. The number of hydrogen-bond donors (Lipinski definition) is 0. The summed E-state index contributed by atoms with van der Waals surface area (Å²) in [6, 6.07) is 10.6. The first-order chi connectivity index (χ1) is 13.6. The number of hydrogen-bond acceptors (Lipinski definition) is 6. The molecular weight excluding hydrogens is 416 g/mol. The van der Waals surface area contributed by atoms with Gasteiger partial charge in [0.1, 0.15) is 5.75 Å². The molecule has 0 saturated heterocycles. The summed E-state index contributed by atoms with van der Waals surface area (Å²) in [5.74, 6) is -1.18. The summed E-state index contributed by atoms with van der Waals surface area (Å²) in [4.78, 5) is 14.8. The number of benzene rings is 2. The zero-order chi connectivity index (χ0) is 21.7. The summed E-state index contributed by atoms with van der Waals surface area (Å²) in [5.41, 5.74) is 10.1. The highest BCUT2D eigenvalue weighted by atomic mass is 32.2. The summed E-state index contributed by atoms with van der Waals surface area (Å²) in [6.45, 7) is 3.64. The van der Waals surface area contributed by atoms with Crippen LogP contribution in [0.1, 0.15) is 35.7 Å². The first-order valence-electron chi connectivity index (χ1n) is 8.71. The van der Waals surface area contributed by atoms with Crippen LogP contribution in [0.2, 0.25) is 0 Å². The van der Waals surface area contributed by atoms with E-state index in [1.54, 1.807) is 19.1 Å². The third kappa shape index (κ3) is 5.60. The van der Waals surface area contributed by atoms with E-state index in [0.29, 0.717) is 12.8 Å². The van der Waals surface area contributed by atoms with Gasteiger partial charge in [0.05, 0.1) is 10.6 Å². The lowest BCUT2D eigenvalue weighted by atomic mass is 10.1. The zero-order valence-electron chi connectivity index (χ0n) is 15.9. The average molecular weight is 437 g/mol. The Labute approximate surface area is 169 Å². The highest BCUT2D eigenvalue weighted by Gasteiger charge is 2.38. The SMILES string of the molecule is CCCCS(=O)(=O)Oc1ccc(S(=O)(=O)C(=[N+]=[N-])C(=O)c2ccc(C)cc2)cc1. The minimum absolute atomic E-state index is 0.0500. The first kappa shape index (κ1) is 22.5. The van der Waals surface area contributed by atoms with E-state index in [2.05, 4.69) is 4.79 Å². The molecule has 0 fully saturated rings. The molecule has 0 aliphatic rings. The highest BCUT2D eigenvalue weighted by molar-refractivity contribution is 8.08. The minimum Gasteiger partial charge on any atom is -0.382 e. The van der Waals surface area contributed by atoms with Crippen molar-refractivity contribution in [1.29, 1.82) is 0 Å². The summed E-state index contributed by atoms with van der Waals surface area (Å²) in [6.07, 6.45) is 1.12. The van der Waals surface area contributed by atoms with Gasteiger partial charge in [0, 0.05) is 5.56 Å². The van der Waals surface area contributed by atoms with Gasteiger partial charge < -0.3 is 9.71 Å². The Kier molecular flexibility index (Phi) is 7.07. The Morgan fingerprint density at radius 2 is 1.59 bits per heavy atom. The van der Waals surface area contributed by atoms with Crippen LogP contribution in [0, 0.1) is 6.92 Å². The van der Waals surface area contributed by atoms with Gasteiger partial charge in [0.15, 0.2) is 0 Å². The van der Waals surface area contributed by atoms with Crippen LogP contribution in [0.5, 0.6) is 5.75 Å². The Hall–Kier alpha value is -2.81. The van der Waals surface area contributed by atoms with Gasteiger partial charge in [-0.2, -0.15) is 8.42 Å². The molecule has 0 unspecified atom stereocenters. The monoisotopic (exact) mass is 436 g/mol. The molecule has 0 aliphatic heterocycles. The Morgan fingerprint density at radius 1 is 1.00 bits per heavy atom. The Bertz CT molecular complexity index is 1150. The molecule has 8 nitrogen and oxygen atoms in total. The predicted octanol–water partition coefficient (Wildman–Crippen LogP) is 2.79. The molecular formula is C19H20N2O6S2. The molecule has 2 rings (SSSR count). The second-order valence-corrected chi connectivity index (χ2v) is 9.83. The van der Waals surface area contributed by atoms with Crippen LogP contribution in [0.4, 0.5) is 0 Å². The van der Waals surface area contributed by atoms with Gasteiger partial charge in [-0.3, -0.25) is 4.79 Å². The molecule has 2 aromatic rings. The van der Waals surface area contributed by atoms with Gasteiger partial charge in [-0.25, -0.2) is 8.42 Å². The summed E-state index contributed by atoms with van der Waals surface area (Å²) in [7, 11) is -8.22. The van der Waals surface area contributed by atoms with Gasteiger partial charge in [0.2, 0.25) is 0 Å². The maximum atomic E-state index is 12.7. The number of carbonyl (C=O) groups is 1. The minimum atomic E-state index is -4.44. The lowest BCUT2D eigenvalue weighted by Gasteiger charge is -2.07. The topological polar surface area (TPSA) is 131 Å². The smallest absolute Gasteiger partial charge is 0.382 e. The molecule has 0 radical (unpaired) electrons. The molecule has 0 amide bonds. The highest BCUT2D eigenvalue weighted by Crippen LogP contribution is 2.20. The number of sulfone groups is 1. The molecule has 29 heavy (non-hydrogen) atoms. The van der Waals surface area contributed by atoms with Crippen molar-refractivity contribution in [2.45, 2.75) is 31.6 Å². The number of rotatable bonds is 8. The molecule has 0 aliphatic carbocycles. The van der Waals surface area contributed by atoms with E-state index in [1.807, 2.05) is 6.92 Å². The predicted molar refractivity (Wildman–Crippen MR) is 107 cm³/mol. The van der Waals surface area contributed by atoms with Crippen LogP contribution in [-0.2, 0) is 20.0 Å². The van der Waals surface area contributed by atoms with Gasteiger partial charge in [0.25, 0.3) is 15.6 Å². The molecule has 0 N–H and O–H groups in total. The van der Waals surface area contributed by atoms with Crippen molar-refractivity contribution in [3.8, 4) is 5.75 Å². The maximum Gasteiger partial charge on any atom is 0.456 e. The van der Waals surface area contributed by atoms with E-state index >= 15 is 0 Å². The van der Waals surface area contributed by atoms with Gasteiger partial charge in [-0.15, -0.1) is 4.79 Å². The number of ketones is 1. The molecule has 0 spiro atoms. The van der Waals surface area contributed by atoms with E-state index in [9.17, 15) is 27.2 Å². The van der Waals surface area contributed by atoms with Crippen molar-refractivity contribution in [3.05, 3.63) is 65.2 Å². The van der Waals surface area contributed by atoms with Crippen molar-refractivity contribution >= 4 is 30.8 Å². The molecule has 0 heterocycles. The van der Waals surface area contributed by atoms with Crippen LogP contribution in [0.25, 0.3) is 5.53 Å². The standard InChI is InChI=1S/C19H20N2O6S2/c1-3-4-13-28(23,24)27-16-9-11-17(12-10-16)29(25,26)19(21-20)18(22)15-7-5-14(2)6-8-15/h5-12H,3-4,13H2,1-2H3. The third-order valence-corrected chi connectivity index (χ3v) is 6.86. The van der Waals surface area contributed by atoms with Crippen LogP contribution in [0.3, 0.4) is 0 Å². The fourth-order valence-electron chi connectivity index (χ4n) is 2.34. The summed E-state index contributed by atoms with van der Waals surface area (Å²) in [5, 5.41) is -1.04. The maximum absolute atomic E-state index is 12.7. The Morgan fingerprint density at radius 3 is 2.10 bits per heavy atom. The van der Waals surface area contributed by atoms with Crippen LogP contribution >= 0.6 is 0 Å². The molecule has 10 heteroatoms. The molecule has 2 aromatic carbocycles. The van der Waals surface area contributed by atoms with Crippen LogP contribution in [-0.4, -0.2) is 38.2 Å². The first-order valence-corrected chi connectivity index (χ1v) is 11.8. The average Bonchev–Trinajstić information content (AvgIpc) is 2.67. The second-order valence-electron chi connectivity index (χ2n) is 6.27. The molecule has 0 aromatic heterocycles. The van der Waals surface area contributed by atoms with E-state index in [-0.39, 0.29) is 22.0 Å². The molecule has 0 bridgehead atoms. The summed E-state index contributed by atoms with van der Waals surface area (Å²) < 4.78 is 54.0. The number of Topliss-reactive ketones (excluding diaryl/α,β-unsaturated/α-hetero) is 1. The number of unbranched alkanes of at least 4 members (excludes halogenated alkanes) is 1. The van der Waals surface area contributed by atoms with E-state index in [0.717, 1.165) is 29.8 Å². The lowest BCUT2D eigenvalue weighted by Crippen LogP contribution is -2.26. The van der Waals surface area contributed by atoms with Crippen LogP contribution in [0.15, 0.2) is 53.4 Å². The van der Waals surface area contributed by atoms with Crippen molar-refractivity contribution < 1.29 is 30.6 Å². The lowest BCUT2D eigenvalue weighted by molar-refractivity contribution is -0.00158. The van der Waals surface area contributed by atoms with Crippen molar-refractivity contribution in [1.82, 2.24) is 0 Å². The fourth-order valence-corrected chi connectivity index (χ4v) is 4.66. The zero-order valence-corrected chi connectivity index (χ0v) is 17.5. The van der Waals surface area contributed by atoms with E-state index in [1.165, 1.54) is 12.1 Å². The molecule has 154 valence electrons. The van der Waals surface area contributed by atoms with Crippen molar-refractivity contribution in [2.24, 2.45) is 0 Å². The normalized spacial score (nSPS) is 11.5. The fraction of sp³-hybridized carbons (Fsp3) is 0.263.